The Morgan fingerprint density at radius 2 is 2.08 bits per heavy atom. The number of aliphatic hydroxyl groups is 1. The molecular weight excluding hydrogens is 342 g/mol. The molecule has 2 aliphatic carbocycles. The van der Waals surface area contributed by atoms with E-state index in [1.165, 1.54) is 11.3 Å². The van der Waals surface area contributed by atoms with E-state index < -0.39 is 6.10 Å². The molecule has 0 saturated heterocycles. The van der Waals surface area contributed by atoms with Crippen molar-refractivity contribution < 1.29 is 9.90 Å². The van der Waals surface area contributed by atoms with Crippen LogP contribution in [0.3, 0.4) is 0 Å². The van der Waals surface area contributed by atoms with Gasteiger partial charge in [-0.05, 0) is 62.7 Å². The first-order chi connectivity index (χ1) is 11.6. The van der Waals surface area contributed by atoms with E-state index in [0.29, 0.717) is 12.0 Å². The summed E-state index contributed by atoms with van der Waals surface area (Å²) < 4.78 is 1.07. The maximum atomic E-state index is 12.6. The number of hydrazine groups is 1. The molecule has 1 unspecified atom stereocenters. The molecule has 0 bridgehead atoms. The van der Waals surface area contributed by atoms with Crippen molar-refractivity contribution in [3.8, 4) is 0 Å². The lowest BCUT2D eigenvalue weighted by molar-refractivity contribution is 0.0930. The third kappa shape index (κ3) is 3.96. The molecule has 134 valence electrons. The van der Waals surface area contributed by atoms with Gasteiger partial charge in [0.15, 0.2) is 0 Å². The van der Waals surface area contributed by atoms with E-state index in [1.54, 1.807) is 11.8 Å². The third-order valence-corrected chi connectivity index (χ3v) is 7.51. The van der Waals surface area contributed by atoms with Gasteiger partial charge in [-0.2, -0.15) is 0 Å². The van der Waals surface area contributed by atoms with Crippen molar-refractivity contribution >= 4 is 29.0 Å². The Balaban J connectivity index is 1.59. The minimum absolute atomic E-state index is 0.0711. The second-order valence-electron chi connectivity index (χ2n) is 6.84. The van der Waals surface area contributed by atoms with Crippen LogP contribution in [0.1, 0.15) is 65.4 Å². The van der Waals surface area contributed by atoms with E-state index in [-0.39, 0.29) is 5.91 Å². The van der Waals surface area contributed by atoms with Gasteiger partial charge >= 0.3 is 0 Å². The average molecular weight is 370 g/mol. The van der Waals surface area contributed by atoms with Crippen molar-refractivity contribution in [3.05, 3.63) is 16.0 Å². The van der Waals surface area contributed by atoms with Gasteiger partial charge in [-0.25, -0.2) is 5.43 Å². The molecule has 0 radical (unpaired) electrons. The largest absolute Gasteiger partial charge is 0.388 e. The van der Waals surface area contributed by atoms with E-state index in [9.17, 15) is 9.90 Å². The lowest BCUT2D eigenvalue weighted by Crippen LogP contribution is -2.41. The van der Waals surface area contributed by atoms with Crippen LogP contribution < -0.4 is 16.6 Å². The number of hydrogen-bond acceptors (Lipinski definition) is 6. The highest BCUT2D eigenvalue weighted by atomic mass is 32.2. The molecule has 24 heavy (non-hydrogen) atoms. The zero-order valence-electron chi connectivity index (χ0n) is 14.1. The van der Waals surface area contributed by atoms with Gasteiger partial charge in [0.2, 0.25) is 0 Å². The van der Waals surface area contributed by atoms with Gasteiger partial charge in [-0.15, -0.1) is 23.1 Å². The topological polar surface area (TPSA) is 87.4 Å². The number of thiophene rings is 1. The number of aliphatic hydroxyl groups excluding tert-OH is 1. The summed E-state index contributed by atoms with van der Waals surface area (Å²) in [5, 5.41) is 10.3. The number of thioether (sulfide) groups is 1. The predicted molar refractivity (Wildman–Crippen MR) is 99.4 cm³/mol. The zero-order chi connectivity index (χ0) is 17.1. The molecule has 0 aromatic carbocycles. The monoisotopic (exact) mass is 369 g/mol. The van der Waals surface area contributed by atoms with E-state index in [1.807, 2.05) is 6.26 Å². The van der Waals surface area contributed by atoms with Crippen LogP contribution in [0.15, 0.2) is 4.21 Å². The Bertz CT molecular complexity index is 583. The highest BCUT2D eigenvalue weighted by Gasteiger charge is 2.29. The lowest BCUT2D eigenvalue weighted by Gasteiger charge is -2.26. The molecule has 1 heterocycles. The number of hydrogen-bond donors (Lipinski definition) is 4. The molecule has 0 aliphatic heterocycles. The number of rotatable bonds is 5. The molecule has 5 N–H and O–H groups in total. The average Bonchev–Trinajstić information content (AvgIpc) is 2.97. The van der Waals surface area contributed by atoms with Gasteiger partial charge < -0.3 is 10.8 Å². The van der Waals surface area contributed by atoms with E-state index in [4.69, 9.17) is 5.73 Å². The van der Waals surface area contributed by atoms with Gasteiger partial charge in [0.05, 0.1) is 15.2 Å². The molecule has 1 atom stereocenters. The van der Waals surface area contributed by atoms with Gasteiger partial charge in [-0.3, -0.25) is 10.2 Å². The first kappa shape index (κ1) is 18.2. The van der Waals surface area contributed by atoms with Gasteiger partial charge in [0, 0.05) is 18.2 Å². The molecule has 7 heteroatoms. The first-order valence-corrected chi connectivity index (χ1v) is 10.8. The molecule has 1 aromatic rings. The van der Waals surface area contributed by atoms with Crippen LogP contribution in [0.5, 0.6) is 0 Å². The Hall–Kier alpha value is -0.600. The van der Waals surface area contributed by atoms with E-state index in [2.05, 4.69) is 10.9 Å². The number of fused-ring (bicyclic) bond motifs is 1. The van der Waals surface area contributed by atoms with Crippen LogP contribution in [-0.2, 0) is 6.42 Å². The fraction of sp³-hybridized carbons (Fsp3) is 0.706. The molecule has 1 aromatic heterocycles. The third-order valence-electron chi connectivity index (χ3n) is 5.13. The summed E-state index contributed by atoms with van der Waals surface area (Å²) in [6.45, 7) is 0.796. The Kier molecular flexibility index (Phi) is 6.21. The molecule has 1 saturated carbocycles. The molecule has 1 fully saturated rings. The molecule has 2 aliphatic rings. The molecule has 1 amide bonds. The zero-order valence-corrected chi connectivity index (χ0v) is 15.8. The smallest absolute Gasteiger partial charge is 0.275 e. The van der Waals surface area contributed by atoms with Crippen molar-refractivity contribution in [2.75, 3.05) is 12.8 Å². The standard InChI is InChI=1S/C17H27N3O2S2/c1-23-17-14-12(3-2-4-13(14)21)15(24-17)16(22)20-19-9-10-5-7-11(18)8-6-10/h10-11,13,19,21H,2-9,18H2,1H3,(H,20,22)/t10-,11-,13?. The fourth-order valence-electron chi connectivity index (χ4n) is 3.72. The number of nitrogens with two attached hydrogens (primary N) is 1. The lowest BCUT2D eigenvalue weighted by atomic mass is 9.86. The number of nitrogens with one attached hydrogen (secondary N) is 2. The highest BCUT2D eigenvalue weighted by Crippen LogP contribution is 2.43. The summed E-state index contributed by atoms with van der Waals surface area (Å²) in [5.74, 6) is 0.518. The second-order valence-corrected chi connectivity index (χ2v) is 8.93. The Labute approximate surface area is 151 Å². The van der Waals surface area contributed by atoms with Gasteiger partial charge in [-0.1, -0.05) is 0 Å². The fourth-order valence-corrected chi connectivity index (χ4v) is 5.81. The second kappa shape index (κ2) is 8.19. The summed E-state index contributed by atoms with van der Waals surface area (Å²) in [5.41, 5.74) is 13.9. The van der Waals surface area contributed by atoms with Crippen molar-refractivity contribution in [2.24, 2.45) is 11.7 Å². The maximum Gasteiger partial charge on any atom is 0.275 e. The molecule has 3 rings (SSSR count). The van der Waals surface area contributed by atoms with Crippen molar-refractivity contribution in [1.29, 1.82) is 0 Å². The number of amides is 1. The molecular formula is C17H27N3O2S2. The van der Waals surface area contributed by atoms with Crippen molar-refractivity contribution in [1.82, 2.24) is 10.9 Å². The Morgan fingerprint density at radius 3 is 2.79 bits per heavy atom. The van der Waals surface area contributed by atoms with Crippen LogP contribution in [0.2, 0.25) is 0 Å². The number of carbonyl (C=O) groups excluding carboxylic acids is 1. The summed E-state index contributed by atoms with van der Waals surface area (Å²) in [7, 11) is 0. The van der Waals surface area contributed by atoms with E-state index in [0.717, 1.165) is 71.7 Å². The Morgan fingerprint density at radius 1 is 1.33 bits per heavy atom. The van der Waals surface area contributed by atoms with Crippen LogP contribution in [-0.4, -0.2) is 29.9 Å². The predicted octanol–water partition coefficient (Wildman–Crippen LogP) is 2.59. The SMILES string of the molecule is CSc1sc(C(=O)NNC[C@H]2CC[C@H](N)CC2)c2c1C(O)CCC2. The van der Waals surface area contributed by atoms with Crippen molar-refractivity contribution in [3.63, 3.8) is 0 Å². The normalized spacial score (nSPS) is 26.9. The minimum Gasteiger partial charge on any atom is -0.388 e. The maximum absolute atomic E-state index is 12.6. The molecule has 5 nitrogen and oxygen atoms in total. The minimum atomic E-state index is -0.423. The van der Waals surface area contributed by atoms with Crippen LogP contribution in [0.25, 0.3) is 0 Å². The van der Waals surface area contributed by atoms with Gasteiger partial charge in [0.25, 0.3) is 5.91 Å². The van der Waals surface area contributed by atoms with Gasteiger partial charge in [0.1, 0.15) is 0 Å². The first-order valence-electron chi connectivity index (χ1n) is 8.76. The summed E-state index contributed by atoms with van der Waals surface area (Å²) >= 11 is 3.13. The van der Waals surface area contributed by atoms with Crippen LogP contribution in [0, 0.1) is 5.92 Å². The summed E-state index contributed by atoms with van der Waals surface area (Å²) in [4.78, 5) is 13.3. The summed E-state index contributed by atoms with van der Waals surface area (Å²) in [6.07, 6.45) is 8.60. The van der Waals surface area contributed by atoms with Crippen LogP contribution in [0.4, 0.5) is 0 Å². The van der Waals surface area contributed by atoms with Crippen molar-refractivity contribution in [2.45, 2.75) is 61.3 Å². The van der Waals surface area contributed by atoms with Crippen LogP contribution >= 0.6 is 23.1 Å². The highest BCUT2D eigenvalue weighted by molar-refractivity contribution is 8.00. The van der Waals surface area contributed by atoms with E-state index >= 15 is 0 Å². The summed E-state index contributed by atoms with van der Waals surface area (Å²) in [6, 6.07) is 0.352. The quantitative estimate of drug-likeness (QED) is 0.473. The number of carbonyl (C=O) groups is 1. The molecule has 0 spiro atoms.